The Balaban J connectivity index is 1.41. The van der Waals surface area contributed by atoms with Gasteiger partial charge in [0.05, 0.1) is 11.9 Å². The molecular formula is C32H37N5O3S. The van der Waals surface area contributed by atoms with Crippen molar-refractivity contribution in [3.05, 3.63) is 82.9 Å². The number of hydrogen-bond acceptors (Lipinski definition) is 6. The van der Waals surface area contributed by atoms with Gasteiger partial charge < -0.3 is 19.9 Å². The third-order valence-electron chi connectivity index (χ3n) is 6.67. The first-order chi connectivity index (χ1) is 19.7. The fourth-order valence-corrected chi connectivity index (χ4v) is 5.27. The van der Waals surface area contributed by atoms with Crippen molar-refractivity contribution in [2.45, 2.75) is 57.9 Å². The summed E-state index contributed by atoms with van der Waals surface area (Å²) < 4.78 is 7.54. The molecule has 2 N–H and O–H groups in total. The Labute approximate surface area is 245 Å². The second kappa shape index (κ2) is 13.5. The van der Waals surface area contributed by atoms with Crippen molar-refractivity contribution in [1.82, 2.24) is 14.8 Å². The highest BCUT2D eigenvalue weighted by molar-refractivity contribution is 8.00. The summed E-state index contributed by atoms with van der Waals surface area (Å²) in [5.74, 6) is 1.07. The normalized spacial score (nSPS) is 11.7. The Morgan fingerprint density at radius 2 is 1.68 bits per heavy atom. The molecule has 0 spiro atoms. The van der Waals surface area contributed by atoms with Gasteiger partial charge in [0.25, 0.3) is 5.91 Å². The minimum atomic E-state index is -0.389. The number of thioether (sulfide) groups is 1. The van der Waals surface area contributed by atoms with Crippen LogP contribution in [0.15, 0.2) is 65.8 Å². The number of anilines is 2. The van der Waals surface area contributed by atoms with Crippen molar-refractivity contribution in [1.29, 1.82) is 0 Å². The Bertz CT molecular complexity index is 1510. The average molecular weight is 572 g/mol. The summed E-state index contributed by atoms with van der Waals surface area (Å²) in [7, 11) is 1.87. The fourth-order valence-electron chi connectivity index (χ4n) is 4.46. The molecule has 8 nitrogen and oxygen atoms in total. The van der Waals surface area contributed by atoms with Crippen LogP contribution < -0.4 is 15.4 Å². The Morgan fingerprint density at radius 1 is 0.976 bits per heavy atom. The summed E-state index contributed by atoms with van der Waals surface area (Å²) in [4.78, 5) is 25.9. The zero-order valence-corrected chi connectivity index (χ0v) is 25.3. The number of benzene rings is 3. The van der Waals surface area contributed by atoms with Crippen LogP contribution in [0.1, 0.15) is 53.7 Å². The maximum atomic E-state index is 13.0. The van der Waals surface area contributed by atoms with E-state index in [1.807, 2.05) is 75.7 Å². The number of aromatic nitrogens is 3. The highest BCUT2D eigenvalue weighted by Gasteiger charge is 2.21. The summed E-state index contributed by atoms with van der Waals surface area (Å²) in [5.41, 5.74) is 6.07. The number of carbonyl (C=O) groups is 2. The van der Waals surface area contributed by atoms with Crippen LogP contribution in [0.2, 0.25) is 0 Å². The van der Waals surface area contributed by atoms with Gasteiger partial charge >= 0.3 is 0 Å². The molecule has 1 unspecified atom stereocenters. The van der Waals surface area contributed by atoms with Gasteiger partial charge in [0.2, 0.25) is 5.91 Å². The molecule has 0 aliphatic carbocycles. The van der Waals surface area contributed by atoms with Gasteiger partial charge in [-0.25, -0.2) is 0 Å². The predicted molar refractivity (Wildman–Crippen MR) is 166 cm³/mol. The first-order valence-electron chi connectivity index (χ1n) is 13.8. The monoisotopic (exact) mass is 571 g/mol. The van der Waals surface area contributed by atoms with Crippen LogP contribution >= 0.6 is 11.8 Å². The zero-order valence-electron chi connectivity index (χ0n) is 24.4. The summed E-state index contributed by atoms with van der Waals surface area (Å²) in [6, 6.07) is 18.7. The first kappa shape index (κ1) is 29.9. The molecule has 1 aromatic heterocycles. The van der Waals surface area contributed by atoms with E-state index in [1.54, 1.807) is 12.1 Å². The molecule has 41 heavy (non-hydrogen) atoms. The third-order valence-corrected chi connectivity index (χ3v) is 7.81. The predicted octanol–water partition coefficient (Wildman–Crippen LogP) is 6.96. The lowest BCUT2D eigenvalue weighted by Gasteiger charge is -2.16. The number of ether oxygens (including phenoxy) is 1. The molecule has 0 saturated carbocycles. The van der Waals surface area contributed by atoms with Crippen LogP contribution in [0, 0.1) is 20.8 Å². The van der Waals surface area contributed by atoms with Crippen LogP contribution in [0.3, 0.4) is 0 Å². The number of aryl methyl sites for hydroxylation is 3. The van der Waals surface area contributed by atoms with E-state index < -0.39 is 0 Å². The molecular weight excluding hydrogens is 534 g/mol. The summed E-state index contributed by atoms with van der Waals surface area (Å²) in [6.07, 6.45) is 2.06. The Kier molecular flexibility index (Phi) is 9.83. The van der Waals surface area contributed by atoms with Crippen molar-refractivity contribution in [2.75, 3.05) is 17.2 Å². The topological polar surface area (TPSA) is 98.1 Å². The number of nitrogens with zero attached hydrogens (tertiary/aromatic N) is 3. The van der Waals surface area contributed by atoms with E-state index in [1.165, 1.54) is 11.8 Å². The molecule has 0 radical (unpaired) electrons. The fraction of sp³-hybridized carbons (Fsp3) is 0.312. The number of amides is 2. The number of rotatable bonds is 11. The van der Waals surface area contributed by atoms with Gasteiger partial charge in [-0.2, -0.15) is 0 Å². The van der Waals surface area contributed by atoms with Crippen molar-refractivity contribution in [3.63, 3.8) is 0 Å². The average Bonchev–Trinajstić information content (AvgIpc) is 3.30. The van der Waals surface area contributed by atoms with Gasteiger partial charge in [0.1, 0.15) is 5.75 Å². The molecule has 0 fully saturated rings. The summed E-state index contributed by atoms with van der Waals surface area (Å²) in [6.45, 7) is 10.7. The summed E-state index contributed by atoms with van der Waals surface area (Å²) >= 11 is 1.34. The zero-order chi connectivity index (χ0) is 29.5. The molecule has 0 bridgehead atoms. The highest BCUT2D eigenvalue weighted by atomic mass is 32.2. The van der Waals surface area contributed by atoms with Crippen molar-refractivity contribution >= 4 is 35.0 Å². The van der Waals surface area contributed by atoms with Crippen LogP contribution in [-0.2, 0) is 11.8 Å². The quantitative estimate of drug-likeness (QED) is 0.149. The lowest BCUT2D eigenvalue weighted by Crippen LogP contribution is -2.23. The number of unbranched alkanes of at least 4 members (excludes halogenated alkanes) is 1. The van der Waals surface area contributed by atoms with Crippen LogP contribution in [0.4, 0.5) is 11.4 Å². The van der Waals surface area contributed by atoms with E-state index in [9.17, 15) is 9.59 Å². The van der Waals surface area contributed by atoms with Gasteiger partial charge in [0, 0.05) is 29.5 Å². The van der Waals surface area contributed by atoms with E-state index in [2.05, 4.69) is 39.9 Å². The number of carbonyl (C=O) groups excluding carboxylic acids is 2. The van der Waals surface area contributed by atoms with E-state index in [0.717, 1.165) is 46.5 Å². The van der Waals surface area contributed by atoms with E-state index in [-0.39, 0.29) is 17.1 Å². The summed E-state index contributed by atoms with van der Waals surface area (Å²) in [5, 5.41) is 15.0. The molecule has 2 amide bonds. The molecule has 0 aliphatic heterocycles. The minimum Gasteiger partial charge on any atom is -0.494 e. The van der Waals surface area contributed by atoms with Gasteiger partial charge in [-0.3, -0.25) is 9.59 Å². The molecule has 4 rings (SSSR count). The smallest absolute Gasteiger partial charge is 0.255 e. The second-order valence-electron chi connectivity index (χ2n) is 10.1. The van der Waals surface area contributed by atoms with Gasteiger partial charge in [-0.05, 0) is 81.6 Å². The highest BCUT2D eigenvalue weighted by Crippen LogP contribution is 2.29. The van der Waals surface area contributed by atoms with E-state index in [0.29, 0.717) is 28.8 Å². The number of nitrogens with one attached hydrogen (secondary N) is 2. The molecule has 4 aromatic rings. The number of hydrogen-bond donors (Lipinski definition) is 2. The molecule has 0 aliphatic rings. The lowest BCUT2D eigenvalue weighted by molar-refractivity contribution is -0.115. The SMILES string of the molecule is CCCCOc1ccc(C(=O)Nc2cccc(-c3nnc(SC(C)C(=O)Nc4c(C)cc(C)cc4C)n3C)c2)cc1. The Morgan fingerprint density at radius 3 is 2.37 bits per heavy atom. The van der Waals surface area contributed by atoms with E-state index in [4.69, 9.17) is 4.74 Å². The maximum Gasteiger partial charge on any atom is 0.255 e. The second-order valence-corrected chi connectivity index (χ2v) is 11.5. The van der Waals surface area contributed by atoms with Crippen LogP contribution in [0.5, 0.6) is 5.75 Å². The van der Waals surface area contributed by atoms with Crippen molar-refractivity contribution in [2.24, 2.45) is 7.05 Å². The third kappa shape index (κ3) is 7.55. The first-order valence-corrected chi connectivity index (χ1v) is 14.6. The van der Waals surface area contributed by atoms with Gasteiger partial charge in [-0.1, -0.05) is 54.9 Å². The molecule has 0 saturated heterocycles. The molecule has 1 heterocycles. The Hall–Kier alpha value is -4.11. The molecule has 3 aromatic carbocycles. The van der Waals surface area contributed by atoms with Crippen LogP contribution in [0.25, 0.3) is 11.4 Å². The standard InChI is InChI=1S/C32H37N5O3S/c1-7-8-16-40-27-14-12-24(13-15-27)31(39)33-26-11-9-10-25(19-26)29-35-36-32(37(29)6)41-23(5)30(38)34-28-21(3)17-20(2)18-22(28)4/h9-15,17-19,23H,7-8,16H2,1-6H3,(H,33,39)(H,34,38). The molecule has 1 atom stereocenters. The largest absolute Gasteiger partial charge is 0.494 e. The lowest BCUT2D eigenvalue weighted by atomic mass is 10.1. The maximum absolute atomic E-state index is 13.0. The van der Waals surface area contributed by atoms with Crippen molar-refractivity contribution < 1.29 is 14.3 Å². The van der Waals surface area contributed by atoms with Gasteiger partial charge in [0.15, 0.2) is 11.0 Å². The molecule has 9 heteroatoms. The van der Waals surface area contributed by atoms with Gasteiger partial charge in [-0.15, -0.1) is 10.2 Å². The molecule has 214 valence electrons. The van der Waals surface area contributed by atoms with E-state index >= 15 is 0 Å². The van der Waals surface area contributed by atoms with Crippen LogP contribution in [-0.4, -0.2) is 38.4 Å². The van der Waals surface area contributed by atoms with Crippen molar-refractivity contribution in [3.8, 4) is 17.1 Å². The minimum absolute atomic E-state index is 0.0973.